The van der Waals surface area contributed by atoms with Crippen molar-refractivity contribution in [2.75, 3.05) is 0 Å². The number of fused-ring (bicyclic) bond motifs is 1. The second kappa shape index (κ2) is 9.25. The highest BCUT2D eigenvalue weighted by Crippen LogP contribution is 2.28. The summed E-state index contributed by atoms with van der Waals surface area (Å²) in [5.74, 6) is 0.143. The first-order valence-electron chi connectivity index (χ1n) is 11.1. The third kappa shape index (κ3) is 6.12. The smallest absolute Gasteiger partial charge is 0.408 e. The Balaban J connectivity index is 1.80. The molecule has 3 aromatic rings. The molecule has 0 bridgehead atoms. The molecule has 0 spiro atoms. The lowest BCUT2D eigenvalue weighted by molar-refractivity contribution is -0.149. The van der Waals surface area contributed by atoms with Crippen molar-refractivity contribution in [3.05, 3.63) is 54.1 Å². The molecule has 33 heavy (non-hydrogen) atoms. The summed E-state index contributed by atoms with van der Waals surface area (Å²) >= 11 is 0. The Morgan fingerprint density at radius 3 is 2.24 bits per heavy atom. The zero-order valence-corrected chi connectivity index (χ0v) is 20.4. The summed E-state index contributed by atoms with van der Waals surface area (Å²) in [6.45, 7) is 13.3. The van der Waals surface area contributed by atoms with Crippen molar-refractivity contribution in [2.24, 2.45) is 0 Å². The van der Waals surface area contributed by atoms with E-state index >= 15 is 0 Å². The van der Waals surface area contributed by atoms with Gasteiger partial charge in [-0.15, -0.1) is 0 Å². The molecule has 0 radical (unpaired) electrons. The van der Waals surface area contributed by atoms with E-state index < -0.39 is 23.7 Å². The molecule has 1 aromatic heterocycles. The lowest BCUT2D eigenvalue weighted by Crippen LogP contribution is -2.42. The second-order valence-electron chi connectivity index (χ2n) is 10.1. The summed E-state index contributed by atoms with van der Waals surface area (Å²) in [7, 11) is 0. The van der Waals surface area contributed by atoms with Crippen molar-refractivity contribution in [3.8, 4) is 11.4 Å². The highest BCUT2D eigenvalue weighted by molar-refractivity contribution is 5.82. The fourth-order valence-corrected chi connectivity index (χ4v) is 3.34. The Labute approximate surface area is 195 Å². The molecule has 0 unspecified atom stereocenters. The van der Waals surface area contributed by atoms with Crippen LogP contribution in [0, 0.1) is 0 Å². The number of ether oxygens (including phenoxy) is 2. The van der Waals surface area contributed by atoms with Crippen molar-refractivity contribution in [1.82, 2.24) is 14.9 Å². The minimum absolute atomic E-state index is 0.0317. The maximum atomic E-state index is 12.6. The number of alkyl carbamates (subject to hydrolysis) is 1. The molecule has 1 atom stereocenters. The number of para-hydroxylation sites is 2. The number of nitrogens with one attached hydrogen (secondary N) is 1. The van der Waals surface area contributed by atoms with Gasteiger partial charge in [-0.2, -0.15) is 0 Å². The number of hydrogen-bond donors (Lipinski definition) is 1. The van der Waals surface area contributed by atoms with Gasteiger partial charge in [0.25, 0.3) is 0 Å². The van der Waals surface area contributed by atoms with E-state index in [1.54, 1.807) is 27.7 Å². The highest BCUT2D eigenvalue weighted by Gasteiger charge is 2.23. The standard InChI is InChI=1S/C26H33N3O4/c1-17(27-24(31)33-26(5,6)7)23(30)32-16-29-21-11-9-8-10-20(21)28-22(29)18-12-14-19(15-13-18)25(2,3)4/h8-15,17H,16H2,1-7H3,(H,27,31)/t17-/m0/s1. The van der Waals surface area contributed by atoms with Gasteiger partial charge in [-0.1, -0.05) is 57.2 Å². The topological polar surface area (TPSA) is 82.5 Å². The number of esters is 1. The van der Waals surface area contributed by atoms with E-state index in [1.165, 1.54) is 5.56 Å². The molecule has 1 N–H and O–H groups in total. The minimum atomic E-state index is -0.857. The predicted octanol–water partition coefficient (Wildman–Crippen LogP) is 5.41. The fourth-order valence-electron chi connectivity index (χ4n) is 3.34. The lowest BCUT2D eigenvalue weighted by Gasteiger charge is -2.21. The third-order valence-corrected chi connectivity index (χ3v) is 5.09. The average Bonchev–Trinajstić information content (AvgIpc) is 3.08. The lowest BCUT2D eigenvalue weighted by atomic mass is 9.87. The van der Waals surface area contributed by atoms with Crippen LogP contribution in [-0.2, 0) is 26.4 Å². The van der Waals surface area contributed by atoms with Crippen LogP contribution >= 0.6 is 0 Å². The van der Waals surface area contributed by atoms with Crippen LogP contribution < -0.4 is 5.32 Å². The Kier molecular flexibility index (Phi) is 6.81. The molecule has 0 aliphatic carbocycles. The minimum Gasteiger partial charge on any atom is -0.444 e. The summed E-state index contributed by atoms with van der Waals surface area (Å²) in [4.78, 5) is 29.3. The van der Waals surface area contributed by atoms with Gasteiger partial charge >= 0.3 is 12.1 Å². The quantitative estimate of drug-likeness (QED) is 0.524. The monoisotopic (exact) mass is 451 g/mol. The van der Waals surface area contributed by atoms with E-state index in [1.807, 2.05) is 41.0 Å². The molecule has 0 fully saturated rings. The van der Waals surface area contributed by atoms with Crippen LogP contribution in [0.25, 0.3) is 22.4 Å². The molecule has 0 saturated carbocycles. The summed E-state index contributed by atoms with van der Waals surface area (Å²) in [5.41, 5.74) is 3.21. The number of imidazole rings is 1. The molecule has 0 saturated heterocycles. The van der Waals surface area contributed by atoms with Gasteiger partial charge in [0.05, 0.1) is 11.0 Å². The SMILES string of the molecule is C[C@H](NC(=O)OC(C)(C)C)C(=O)OCn1c(-c2ccc(C(C)(C)C)cc2)nc2ccccc21. The van der Waals surface area contributed by atoms with Gasteiger partial charge < -0.3 is 14.8 Å². The van der Waals surface area contributed by atoms with Crippen LogP contribution in [0.2, 0.25) is 0 Å². The summed E-state index contributed by atoms with van der Waals surface area (Å²) < 4.78 is 12.6. The summed E-state index contributed by atoms with van der Waals surface area (Å²) in [5, 5.41) is 2.51. The molecule has 3 rings (SSSR count). The number of amides is 1. The number of hydrogen-bond acceptors (Lipinski definition) is 5. The second-order valence-corrected chi connectivity index (χ2v) is 10.1. The summed E-state index contributed by atoms with van der Waals surface area (Å²) in [6.07, 6.45) is -0.667. The van der Waals surface area contributed by atoms with Gasteiger partial charge in [0.15, 0.2) is 6.73 Å². The Morgan fingerprint density at radius 2 is 1.64 bits per heavy atom. The number of benzene rings is 2. The number of nitrogens with zero attached hydrogens (tertiary/aromatic N) is 2. The predicted molar refractivity (Wildman–Crippen MR) is 129 cm³/mol. The van der Waals surface area contributed by atoms with E-state index in [0.29, 0.717) is 5.82 Å². The molecule has 0 aliphatic heterocycles. The maximum Gasteiger partial charge on any atom is 0.408 e. The zero-order valence-electron chi connectivity index (χ0n) is 20.4. The van der Waals surface area contributed by atoms with E-state index in [2.05, 4.69) is 38.2 Å². The number of carbonyl (C=O) groups is 2. The molecule has 2 aromatic carbocycles. The fraction of sp³-hybridized carbons (Fsp3) is 0.423. The van der Waals surface area contributed by atoms with Crippen LogP contribution in [0.1, 0.15) is 54.0 Å². The van der Waals surface area contributed by atoms with Gasteiger partial charge in [0.2, 0.25) is 0 Å². The van der Waals surface area contributed by atoms with Crippen LogP contribution in [-0.4, -0.2) is 33.3 Å². The van der Waals surface area contributed by atoms with Crippen LogP contribution in [0.4, 0.5) is 4.79 Å². The average molecular weight is 452 g/mol. The van der Waals surface area contributed by atoms with Crippen LogP contribution in [0.5, 0.6) is 0 Å². The number of carbonyl (C=O) groups excluding carboxylic acids is 2. The zero-order chi connectivity index (χ0) is 24.4. The first-order chi connectivity index (χ1) is 15.3. The van der Waals surface area contributed by atoms with Gasteiger partial charge in [-0.25, -0.2) is 14.6 Å². The molecular formula is C26H33N3O4. The molecular weight excluding hydrogens is 418 g/mol. The van der Waals surface area contributed by atoms with Crippen molar-refractivity contribution in [2.45, 2.75) is 72.3 Å². The molecule has 1 amide bonds. The van der Waals surface area contributed by atoms with Crippen molar-refractivity contribution < 1.29 is 19.1 Å². The normalized spacial score (nSPS) is 12.9. The molecule has 176 valence electrons. The van der Waals surface area contributed by atoms with E-state index in [-0.39, 0.29) is 12.1 Å². The Hall–Kier alpha value is -3.35. The number of rotatable bonds is 5. The third-order valence-electron chi connectivity index (χ3n) is 5.09. The molecule has 7 heteroatoms. The van der Waals surface area contributed by atoms with Crippen LogP contribution in [0.3, 0.4) is 0 Å². The Morgan fingerprint density at radius 1 is 1.00 bits per heavy atom. The maximum absolute atomic E-state index is 12.6. The first-order valence-corrected chi connectivity index (χ1v) is 11.1. The highest BCUT2D eigenvalue weighted by atomic mass is 16.6. The van der Waals surface area contributed by atoms with Crippen molar-refractivity contribution >= 4 is 23.1 Å². The summed E-state index contributed by atoms with van der Waals surface area (Å²) in [6, 6.07) is 15.1. The van der Waals surface area contributed by atoms with Gasteiger partial charge in [0.1, 0.15) is 17.5 Å². The van der Waals surface area contributed by atoms with Gasteiger partial charge in [-0.05, 0) is 50.8 Å². The van der Waals surface area contributed by atoms with E-state index in [9.17, 15) is 9.59 Å². The molecule has 0 aliphatic rings. The van der Waals surface area contributed by atoms with E-state index in [0.717, 1.165) is 16.6 Å². The molecule has 1 heterocycles. The largest absolute Gasteiger partial charge is 0.444 e. The van der Waals surface area contributed by atoms with Gasteiger partial charge in [-0.3, -0.25) is 4.57 Å². The van der Waals surface area contributed by atoms with E-state index in [4.69, 9.17) is 14.5 Å². The van der Waals surface area contributed by atoms with Crippen molar-refractivity contribution in [1.29, 1.82) is 0 Å². The number of aromatic nitrogens is 2. The first kappa shape index (κ1) is 24.3. The van der Waals surface area contributed by atoms with Crippen LogP contribution in [0.15, 0.2) is 48.5 Å². The Bertz CT molecular complexity index is 1140. The van der Waals surface area contributed by atoms with Crippen molar-refractivity contribution in [3.63, 3.8) is 0 Å². The molecule has 7 nitrogen and oxygen atoms in total. The van der Waals surface area contributed by atoms with Gasteiger partial charge in [0, 0.05) is 5.56 Å².